The van der Waals surface area contributed by atoms with E-state index >= 15 is 0 Å². The van der Waals surface area contributed by atoms with Crippen molar-refractivity contribution >= 4 is 5.96 Å². The smallest absolute Gasteiger partial charge is 0.191 e. The summed E-state index contributed by atoms with van der Waals surface area (Å²) in [6, 6.07) is 18.4. The molecule has 0 atom stereocenters. The number of aliphatic imine (C=N–C) groups is 1. The van der Waals surface area contributed by atoms with Gasteiger partial charge in [-0.05, 0) is 24.6 Å². The molecule has 3 rings (SSSR count). The molecule has 146 valence electrons. The second-order valence-corrected chi connectivity index (χ2v) is 6.55. The van der Waals surface area contributed by atoms with Crippen molar-refractivity contribution in [3.8, 4) is 5.75 Å². The Labute approximate surface area is 166 Å². The van der Waals surface area contributed by atoms with Crippen LogP contribution in [0, 0.1) is 6.92 Å². The molecule has 6 nitrogen and oxygen atoms in total. The van der Waals surface area contributed by atoms with Crippen LogP contribution < -0.4 is 15.4 Å². The highest BCUT2D eigenvalue weighted by atomic mass is 16.5. The van der Waals surface area contributed by atoms with Crippen LogP contribution in [0.2, 0.25) is 0 Å². The quantitative estimate of drug-likeness (QED) is 0.360. The molecule has 0 radical (unpaired) electrons. The van der Waals surface area contributed by atoms with Gasteiger partial charge in [-0.2, -0.15) is 5.10 Å². The maximum Gasteiger partial charge on any atom is 0.191 e. The zero-order valence-electron chi connectivity index (χ0n) is 16.4. The average Bonchev–Trinajstić information content (AvgIpc) is 3.17. The molecule has 1 heterocycles. The van der Waals surface area contributed by atoms with Crippen LogP contribution in [0.3, 0.4) is 0 Å². The van der Waals surface area contributed by atoms with E-state index in [2.05, 4.69) is 39.8 Å². The fraction of sp³-hybridized carbons (Fsp3) is 0.273. The van der Waals surface area contributed by atoms with Gasteiger partial charge in [0.05, 0.1) is 19.3 Å². The van der Waals surface area contributed by atoms with Gasteiger partial charge in [0.15, 0.2) is 5.96 Å². The Balaban J connectivity index is 1.38. The third kappa shape index (κ3) is 6.16. The molecule has 0 amide bonds. The van der Waals surface area contributed by atoms with E-state index in [9.17, 15) is 0 Å². The lowest BCUT2D eigenvalue weighted by molar-refractivity contribution is 0.322. The SMILES string of the molecule is CN=C(NCCOc1ccc(C)cc1)NCc1cnn(Cc2ccccc2)c1. The topological polar surface area (TPSA) is 63.5 Å². The summed E-state index contributed by atoms with van der Waals surface area (Å²) in [6.45, 7) is 4.73. The lowest BCUT2D eigenvalue weighted by atomic mass is 10.2. The molecular weight excluding hydrogens is 350 g/mol. The number of nitrogens with zero attached hydrogens (tertiary/aromatic N) is 3. The summed E-state index contributed by atoms with van der Waals surface area (Å²) in [5, 5.41) is 11.0. The maximum atomic E-state index is 5.72. The Hall–Kier alpha value is -3.28. The highest BCUT2D eigenvalue weighted by Gasteiger charge is 2.02. The Bertz CT molecular complexity index is 871. The maximum absolute atomic E-state index is 5.72. The van der Waals surface area contributed by atoms with Crippen LogP contribution in [0.1, 0.15) is 16.7 Å². The molecule has 0 saturated heterocycles. The normalized spacial score (nSPS) is 11.3. The number of nitrogens with one attached hydrogen (secondary N) is 2. The Morgan fingerprint density at radius 3 is 2.57 bits per heavy atom. The summed E-state index contributed by atoms with van der Waals surface area (Å²) in [5.41, 5.74) is 3.56. The van der Waals surface area contributed by atoms with Crippen molar-refractivity contribution in [2.24, 2.45) is 4.99 Å². The van der Waals surface area contributed by atoms with Crippen molar-refractivity contribution in [3.05, 3.63) is 83.7 Å². The molecule has 0 bridgehead atoms. The number of aryl methyl sites for hydroxylation is 1. The fourth-order valence-corrected chi connectivity index (χ4v) is 2.73. The minimum Gasteiger partial charge on any atom is -0.492 e. The van der Waals surface area contributed by atoms with E-state index in [-0.39, 0.29) is 0 Å². The summed E-state index contributed by atoms with van der Waals surface area (Å²) >= 11 is 0. The zero-order valence-corrected chi connectivity index (χ0v) is 16.4. The van der Waals surface area contributed by atoms with E-state index < -0.39 is 0 Å². The van der Waals surface area contributed by atoms with Crippen molar-refractivity contribution in [1.29, 1.82) is 0 Å². The lowest BCUT2D eigenvalue weighted by Gasteiger charge is -2.12. The molecule has 6 heteroatoms. The number of benzene rings is 2. The molecule has 0 fully saturated rings. The molecule has 0 unspecified atom stereocenters. The largest absolute Gasteiger partial charge is 0.492 e. The van der Waals surface area contributed by atoms with Crippen molar-refractivity contribution in [1.82, 2.24) is 20.4 Å². The molecule has 0 spiro atoms. The fourth-order valence-electron chi connectivity index (χ4n) is 2.73. The summed E-state index contributed by atoms with van der Waals surface area (Å²) in [6.07, 6.45) is 3.93. The molecule has 2 aromatic carbocycles. The van der Waals surface area contributed by atoms with Crippen molar-refractivity contribution < 1.29 is 4.74 Å². The van der Waals surface area contributed by atoms with Crippen LogP contribution in [0.5, 0.6) is 5.75 Å². The summed E-state index contributed by atoms with van der Waals surface area (Å²) in [4.78, 5) is 4.25. The van der Waals surface area contributed by atoms with Crippen LogP contribution in [0.25, 0.3) is 0 Å². The van der Waals surface area contributed by atoms with E-state index in [1.54, 1.807) is 7.05 Å². The zero-order chi connectivity index (χ0) is 19.6. The van der Waals surface area contributed by atoms with Crippen molar-refractivity contribution in [2.75, 3.05) is 20.2 Å². The minimum atomic E-state index is 0.568. The van der Waals surface area contributed by atoms with Gasteiger partial charge >= 0.3 is 0 Å². The van der Waals surface area contributed by atoms with Crippen LogP contribution >= 0.6 is 0 Å². The molecule has 1 aromatic heterocycles. The van der Waals surface area contributed by atoms with Crippen LogP contribution in [0.4, 0.5) is 0 Å². The molecule has 2 N–H and O–H groups in total. The Morgan fingerprint density at radius 2 is 1.82 bits per heavy atom. The average molecular weight is 377 g/mol. The van der Waals surface area contributed by atoms with E-state index in [4.69, 9.17) is 4.74 Å². The molecule has 0 saturated carbocycles. The van der Waals surface area contributed by atoms with Gasteiger partial charge in [0.25, 0.3) is 0 Å². The van der Waals surface area contributed by atoms with Crippen molar-refractivity contribution in [2.45, 2.75) is 20.0 Å². The summed E-state index contributed by atoms with van der Waals surface area (Å²) in [7, 11) is 1.76. The monoisotopic (exact) mass is 377 g/mol. The molecule has 28 heavy (non-hydrogen) atoms. The van der Waals surface area contributed by atoms with Crippen LogP contribution in [-0.2, 0) is 13.1 Å². The first kappa shape index (κ1) is 19.5. The lowest BCUT2D eigenvalue weighted by Crippen LogP contribution is -2.38. The molecule has 3 aromatic rings. The van der Waals surface area contributed by atoms with E-state index in [1.807, 2.05) is 59.5 Å². The summed E-state index contributed by atoms with van der Waals surface area (Å²) < 4.78 is 7.66. The number of guanidine groups is 1. The predicted molar refractivity (Wildman–Crippen MR) is 113 cm³/mol. The van der Waals surface area contributed by atoms with Gasteiger partial charge in [0, 0.05) is 25.4 Å². The van der Waals surface area contributed by atoms with E-state index in [0.29, 0.717) is 19.7 Å². The Kier molecular flexibility index (Phi) is 7.07. The first-order chi connectivity index (χ1) is 13.7. The highest BCUT2D eigenvalue weighted by Crippen LogP contribution is 2.10. The van der Waals surface area contributed by atoms with Gasteiger partial charge in [0.2, 0.25) is 0 Å². The summed E-state index contributed by atoms with van der Waals surface area (Å²) in [5.74, 6) is 1.62. The number of hydrogen-bond acceptors (Lipinski definition) is 3. The van der Waals surface area contributed by atoms with Crippen molar-refractivity contribution in [3.63, 3.8) is 0 Å². The third-order valence-corrected chi connectivity index (χ3v) is 4.24. The van der Waals surface area contributed by atoms with Gasteiger partial charge in [-0.15, -0.1) is 0 Å². The molecular formula is C22H27N5O. The molecule has 0 aliphatic rings. The molecule has 0 aliphatic carbocycles. The number of rotatable bonds is 8. The predicted octanol–water partition coefficient (Wildman–Crippen LogP) is 2.98. The second-order valence-electron chi connectivity index (χ2n) is 6.55. The third-order valence-electron chi connectivity index (χ3n) is 4.24. The standard InChI is InChI=1S/C22H27N5O/c1-18-8-10-21(11-9-18)28-13-12-24-22(23-2)25-14-20-15-26-27(17-20)16-19-6-4-3-5-7-19/h3-11,15,17H,12-14,16H2,1-2H3,(H2,23,24,25). The Morgan fingerprint density at radius 1 is 1.04 bits per heavy atom. The van der Waals surface area contributed by atoms with Gasteiger partial charge in [-0.25, -0.2) is 0 Å². The van der Waals surface area contributed by atoms with Gasteiger partial charge in [-0.3, -0.25) is 9.67 Å². The second kappa shape index (κ2) is 10.2. The van der Waals surface area contributed by atoms with Gasteiger partial charge in [0.1, 0.15) is 12.4 Å². The number of ether oxygens (including phenoxy) is 1. The number of hydrogen-bond donors (Lipinski definition) is 2. The first-order valence-electron chi connectivity index (χ1n) is 9.42. The van der Waals surface area contributed by atoms with Gasteiger partial charge in [-0.1, -0.05) is 48.0 Å². The number of aromatic nitrogens is 2. The highest BCUT2D eigenvalue weighted by molar-refractivity contribution is 5.79. The van der Waals surface area contributed by atoms with Crippen LogP contribution in [0.15, 0.2) is 72.0 Å². The van der Waals surface area contributed by atoms with Gasteiger partial charge < -0.3 is 15.4 Å². The van der Waals surface area contributed by atoms with E-state index in [1.165, 1.54) is 11.1 Å². The van der Waals surface area contributed by atoms with E-state index in [0.717, 1.165) is 23.8 Å². The minimum absolute atomic E-state index is 0.568. The van der Waals surface area contributed by atoms with Crippen LogP contribution in [-0.4, -0.2) is 35.9 Å². The molecule has 0 aliphatic heterocycles. The first-order valence-corrected chi connectivity index (χ1v) is 9.42.